The third-order valence-corrected chi connectivity index (χ3v) is 3.63. The maximum absolute atomic E-state index is 12.8. The Morgan fingerprint density at radius 3 is 2.76 bits per heavy atom. The Hall–Kier alpha value is -1.17. The molecule has 0 aliphatic carbocycles. The quantitative estimate of drug-likeness (QED) is 0.834. The van der Waals surface area contributed by atoms with Crippen LogP contribution in [0.15, 0.2) is 24.3 Å². The summed E-state index contributed by atoms with van der Waals surface area (Å²) in [6.07, 6.45) is 1.14. The van der Waals surface area contributed by atoms with Crippen molar-refractivity contribution < 1.29 is 9.18 Å². The van der Waals surface area contributed by atoms with Gasteiger partial charge in [0.2, 0.25) is 5.91 Å². The van der Waals surface area contributed by atoms with Gasteiger partial charge in [-0.3, -0.25) is 9.69 Å². The second-order valence-corrected chi connectivity index (χ2v) is 5.35. The van der Waals surface area contributed by atoms with Crippen LogP contribution in [0.1, 0.15) is 12.0 Å². The van der Waals surface area contributed by atoms with Gasteiger partial charge >= 0.3 is 0 Å². The van der Waals surface area contributed by atoms with E-state index in [1.165, 1.54) is 12.1 Å². The van der Waals surface area contributed by atoms with Gasteiger partial charge < -0.3 is 10.6 Å². The van der Waals surface area contributed by atoms with Gasteiger partial charge in [0, 0.05) is 13.1 Å². The minimum Gasteiger partial charge on any atom is -0.351 e. The minimum absolute atomic E-state index is 0. The first kappa shape index (κ1) is 17.9. The first-order valence-electron chi connectivity index (χ1n) is 7.05. The Morgan fingerprint density at radius 1 is 1.38 bits per heavy atom. The van der Waals surface area contributed by atoms with Gasteiger partial charge in [0.15, 0.2) is 0 Å². The van der Waals surface area contributed by atoms with Crippen molar-refractivity contribution in [3.05, 3.63) is 35.6 Å². The van der Waals surface area contributed by atoms with Crippen molar-refractivity contribution in [3.63, 3.8) is 0 Å². The lowest BCUT2D eigenvalue weighted by atomic mass is 10.1. The van der Waals surface area contributed by atoms with Crippen LogP contribution in [0.4, 0.5) is 4.39 Å². The average Bonchev–Trinajstić information content (AvgIpc) is 2.86. The summed E-state index contributed by atoms with van der Waals surface area (Å²) in [5.74, 6) is 0.414. The summed E-state index contributed by atoms with van der Waals surface area (Å²) in [5, 5.41) is 6.05. The predicted octanol–water partition coefficient (Wildman–Crippen LogP) is 1.41. The molecule has 1 aliphatic rings. The SMILES string of the molecule is CNCC1CCN(CC(=O)NCc2ccc(F)cc2)C1.Cl. The summed E-state index contributed by atoms with van der Waals surface area (Å²) in [6, 6.07) is 6.19. The highest BCUT2D eigenvalue weighted by Gasteiger charge is 2.23. The van der Waals surface area contributed by atoms with E-state index in [1.54, 1.807) is 12.1 Å². The van der Waals surface area contributed by atoms with Crippen molar-refractivity contribution in [2.45, 2.75) is 13.0 Å². The number of hydrogen-bond donors (Lipinski definition) is 2. The smallest absolute Gasteiger partial charge is 0.234 e. The molecule has 0 spiro atoms. The third-order valence-electron chi connectivity index (χ3n) is 3.63. The molecule has 2 rings (SSSR count). The van der Waals surface area contributed by atoms with Gasteiger partial charge in [-0.1, -0.05) is 12.1 Å². The van der Waals surface area contributed by atoms with Crippen molar-refractivity contribution in [2.75, 3.05) is 33.2 Å². The molecule has 1 fully saturated rings. The zero-order valence-corrected chi connectivity index (χ0v) is 13.1. The van der Waals surface area contributed by atoms with E-state index >= 15 is 0 Å². The highest BCUT2D eigenvalue weighted by atomic mass is 35.5. The van der Waals surface area contributed by atoms with E-state index in [9.17, 15) is 9.18 Å². The molecule has 118 valence electrons. The molecule has 0 saturated carbocycles. The van der Waals surface area contributed by atoms with Gasteiger partial charge in [-0.25, -0.2) is 4.39 Å². The molecule has 1 aliphatic heterocycles. The number of halogens is 2. The van der Waals surface area contributed by atoms with Crippen LogP contribution in [0.25, 0.3) is 0 Å². The monoisotopic (exact) mass is 315 g/mol. The van der Waals surface area contributed by atoms with Gasteiger partial charge in [0.25, 0.3) is 0 Å². The van der Waals surface area contributed by atoms with Crippen molar-refractivity contribution in [2.24, 2.45) is 5.92 Å². The lowest BCUT2D eigenvalue weighted by molar-refractivity contribution is -0.122. The minimum atomic E-state index is -0.257. The van der Waals surface area contributed by atoms with Crippen molar-refractivity contribution in [1.82, 2.24) is 15.5 Å². The molecule has 2 N–H and O–H groups in total. The number of carbonyl (C=O) groups is 1. The standard InChI is InChI=1S/C15H22FN3O.ClH/c1-17-8-13-6-7-19(10-13)11-15(20)18-9-12-2-4-14(16)5-3-12;/h2-5,13,17H,6-11H2,1H3,(H,18,20);1H. The number of hydrogen-bond acceptors (Lipinski definition) is 3. The zero-order chi connectivity index (χ0) is 14.4. The van der Waals surface area contributed by atoms with E-state index in [4.69, 9.17) is 0 Å². The molecule has 1 amide bonds. The maximum Gasteiger partial charge on any atom is 0.234 e. The Kier molecular flexibility index (Phi) is 7.64. The van der Waals surface area contributed by atoms with Crippen LogP contribution in [0.3, 0.4) is 0 Å². The van der Waals surface area contributed by atoms with Crippen molar-refractivity contribution in [3.8, 4) is 0 Å². The van der Waals surface area contributed by atoms with Gasteiger partial charge in [-0.2, -0.15) is 0 Å². The number of likely N-dealkylation sites (tertiary alicyclic amines) is 1. The van der Waals surface area contributed by atoms with Crippen LogP contribution in [-0.4, -0.2) is 44.0 Å². The number of nitrogens with zero attached hydrogens (tertiary/aromatic N) is 1. The first-order valence-corrected chi connectivity index (χ1v) is 7.05. The highest BCUT2D eigenvalue weighted by Crippen LogP contribution is 2.14. The molecular weight excluding hydrogens is 293 g/mol. The fraction of sp³-hybridized carbons (Fsp3) is 0.533. The number of rotatable bonds is 6. The van der Waals surface area contributed by atoms with E-state index in [2.05, 4.69) is 15.5 Å². The second-order valence-electron chi connectivity index (χ2n) is 5.35. The van der Waals surface area contributed by atoms with Gasteiger partial charge in [-0.15, -0.1) is 12.4 Å². The molecule has 1 atom stereocenters. The fourth-order valence-electron chi connectivity index (χ4n) is 2.57. The summed E-state index contributed by atoms with van der Waals surface area (Å²) < 4.78 is 12.8. The van der Waals surface area contributed by atoms with Crippen LogP contribution in [0.2, 0.25) is 0 Å². The first-order chi connectivity index (χ1) is 9.67. The van der Waals surface area contributed by atoms with Gasteiger partial charge in [0.05, 0.1) is 6.54 Å². The lowest BCUT2D eigenvalue weighted by Gasteiger charge is -2.15. The number of amides is 1. The molecular formula is C15H23ClFN3O. The average molecular weight is 316 g/mol. The Balaban J connectivity index is 0.00000220. The van der Waals surface area contributed by atoms with Crippen molar-refractivity contribution in [1.29, 1.82) is 0 Å². The molecule has 1 aromatic rings. The summed E-state index contributed by atoms with van der Waals surface area (Å²) in [4.78, 5) is 14.0. The Labute approximate surface area is 131 Å². The largest absolute Gasteiger partial charge is 0.351 e. The molecule has 1 heterocycles. The molecule has 6 heteroatoms. The third kappa shape index (κ3) is 5.99. The van der Waals surface area contributed by atoms with E-state index in [0.29, 0.717) is 19.0 Å². The Morgan fingerprint density at radius 2 is 2.10 bits per heavy atom. The second kappa shape index (κ2) is 8.97. The van der Waals surface area contributed by atoms with Gasteiger partial charge in [0.1, 0.15) is 5.82 Å². The van der Waals surface area contributed by atoms with E-state index in [1.807, 2.05) is 7.05 Å². The summed E-state index contributed by atoms with van der Waals surface area (Å²) in [7, 11) is 1.96. The van der Waals surface area contributed by atoms with E-state index < -0.39 is 0 Å². The molecule has 0 aromatic heterocycles. The van der Waals surface area contributed by atoms with Crippen LogP contribution in [0, 0.1) is 11.7 Å². The van der Waals surface area contributed by atoms with Crippen LogP contribution < -0.4 is 10.6 Å². The molecule has 0 radical (unpaired) electrons. The van der Waals surface area contributed by atoms with E-state index in [-0.39, 0.29) is 24.1 Å². The maximum atomic E-state index is 12.8. The number of nitrogens with one attached hydrogen (secondary N) is 2. The van der Waals surface area contributed by atoms with Crippen molar-refractivity contribution >= 4 is 18.3 Å². The Bertz CT molecular complexity index is 441. The molecule has 1 saturated heterocycles. The number of carbonyl (C=O) groups excluding carboxylic acids is 1. The highest BCUT2D eigenvalue weighted by molar-refractivity contribution is 5.85. The summed E-state index contributed by atoms with van der Waals surface area (Å²) in [5.41, 5.74) is 0.911. The lowest BCUT2D eigenvalue weighted by Crippen LogP contribution is -2.36. The van der Waals surface area contributed by atoms with Gasteiger partial charge in [-0.05, 0) is 50.2 Å². The molecule has 0 bridgehead atoms. The molecule has 1 aromatic carbocycles. The topological polar surface area (TPSA) is 44.4 Å². The zero-order valence-electron chi connectivity index (χ0n) is 12.3. The summed E-state index contributed by atoms with van der Waals surface area (Å²) >= 11 is 0. The molecule has 21 heavy (non-hydrogen) atoms. The molecule has 1 unspecified atom stereocenters. The van der Waals surface area contributed by atoms with E-state index in [0.717, 1.165) is 31.6 Å². The summed E-state index contributed by atoms with van der Waals surface area (Å²) in [6.45, 7) is 3.86. The normalized spacial score (nSPS) is 18.3. The number of benzene rings is 1. The van der Waals surface area contributed by atoms with Crippen LogP contribution >= 0.6 is 12.4 Å². The van der Waals surface area contributed by atoms with Crippen LogP contribution in [0.5, 0.6) is 0 Å². The predicted molar refractivity (Wildman–Crippen MR) is 84.0 cm³/mol. The molecule has 4 nitrogen and oxygen atoms in total. The van der Waals surface area contributed by atoms with Crippen LogP contribution in [-0.2, 0) is 11.3 Å². The fourth-order valence-corrected chi connectivity index (χ4v) is 2.57.